The van der Waals surface area contributed by atoms with Crippen LogP contribution in [0.4, 0.5) is 15.8 Å². The highest BCUT2D eigenvalue weighted by Crippen LogP contribution is 2.20. The molecule has 0 fully saturated rings. The Balaban J connectivity index is 2.87. The van der Waals surface area contributed by atoms with Gasteiger partial charge in [-0.25, -0.2) is 4.39 Å². The Morgan fingerprint density at radius 3 is 2.61 bits per heavy atom. The normalized spacial score (nSPS) is 11.8. The lowest BCUT2D eigenvalue weighted by molar-refractivity contribution is -0.118. The number of amides is 2. The summed E-state index contributed by atoms with van der Waals surface area (Å²) in [6.45, 7) is 2.98. The van der Waals surface area contributed by atoms with Gasteiger partial charge >= 0.3 is 0 Å². The summed E-state index contributed by atoms with van der Waals surface area (Å²) >= 11 is 5.54. The average molecular weight is 273 g/mol. The average Bonchev–Trinajstić information content (AvgIpc) is 2.31. The molecule has 0 aliphatic rings. The molecular formula is C12H14ClFN2O2. The van der Waals surface area contributed by atoms with Crippen molar-refractivity contribution in [3.8, 4) is 0 Å². The highest BCUT2D eigenvalue weighted by atomic mass is 35.5. The van der Waals surface area contributed by atoms with Gasteiger partial charge in [-0.15, -0.1) is 11.6 Å². The van der Waals surface area contributed by atoms with Crippen LogP contribution >= 0.6 is 11.6 Å². The maximum atomic E-state index is 13.5. The monoisotopic (exact) mass is 272 g/mol. The molecule has 0 radical (unpaired) electrons. The van der Waals surface area contributed by atoms with E-state index in [0.29, 0.717) is 5.69 Å². The molecule has 0 aliphatic heterocycles. The Kier molecular flexibility index (Phi) is 5.09. The van der Waals surface area contributed by atoms with E-state index in [0.717, 1.165) is 0 Å². The van der Waals surface area contributed by atoms with Crippen molar-refractivity contribution in [2.45, 2.75) is 13.8 Å². The molecule has 4 nitrogen and oxygen atoms in total. The van der Waals surface area contributed by atoms with Crippen molar-refractivity contribution < 1.29 is 14.0 Å². The van der Waals surface area contributed by atoms with Crippen molar-refractivity contribution in [2.24, 2.45) is 5.92 Å². The lowest BCUT2D eigenvalue weighted by Gasteiger charge is -2.11. The van der Waals surface area contributed by atoms with Crippen LogP contribution in [-0.4, -0.2) is 17.7 Å². The van der Waals surface area contributed by atoms with E-state index in [4.69, 9.17) is 11.6 Å². The molecule has 2 N–H and O–H groups in total. The van der Waals surface area contributed by atoms with E-state index in [9.17, 15) is 14.0 Å². The van der Waals surface area contributed by atoms with Gasteiger partial charge in [0.15, 0.2) is 0 Å². The first-order valence-corrected chi connectivity index (χ1v) is 5.91. The molecule has 6 heteroatoms. The van der Waals surface area contributed by atoms with Gasteiger partial charge in [0.05, 0.1) is 5.69 Å². The Bertz CT molecular complexity index is 465. The predicted molar refractivity (Wildman–Crippen MR) is 69.2 cm³/mol. The van der Waals surface area contributed by atoms with Crippen LogP contribution in [0.3, 0.4) is 0 Å². The van der Waals surface area contributed by atoms with Crippen LogP contribution in [-0.2, 0) is 9.59 Å². The number of rotatable bonds is 4. The Labute approximate surface area is 110 Å². The van der Waals surface area contributed by atoms with Gasteiger partial charge < -0.3 is 10.6 Å². The van der Waals surface area contributed by atoms with Crippen LogP contribution in [0.5, 0.6) is 0 Å². The molecule has 1 rings (SSSR count). The van der Waals surface area contributed by atoms with Crippen molar-refractivity contribution in [3.05, 3.63) is 24.0 Å². The largest absolute Gasteiger partial charge is 0.326 e. The van der Waals surface area contributed by atoms with Gasteiger partial charge in [-0.2, -0.15) is 0 Å². The second-order valence-electron chi connectivity index (χ2n) is 3.92. The second-order valence-corrected chi connectivity index (χ2v) is 4.23. The van der Waals surface area contributed by atoms with Crippen molar-refractivity contribution >= 4 is 34.8 Å². The third kappa shape index (κ3) is 4.00. The summed E-state index contributed by atoms with van der Waals surface area (Å²) < 4.78 is 13.5. The van der Waals surface area contributed by atoms with E-state index in [1.54, 1.807) is 6.92 Å². The van der Waals surface area contributed by atoms with Gasteiger partial charge in [-0.3, -0.25) is 9.59 Å². The Morgan fingerprint density at radius 1 is 1.39 bits per heavy atom. The molecule has 98 valence electrons. The molecule has 18 heavy (non-hydrogen) atoms. The molecule has 1 aromatic carbocycles. The van der Waals surface area contributed by atoms with Crippen molar-refractivity contribution in [2.75, 3.05) is 16.5 Å². The molecule has 1 unspecified atom stereocenters. The van der Waals surface area contributed by atoms with Crippen LogP contribution < -0.4 is 10.6 Å². The van der Waals surface area contributed by atoms with Gasteiger partial charge in [-0.1, -0.05) is 6.92 Å². The molecule has 0 saturated carbocycles. The minimum absolute atomic E-state index is 0.0169. The zero-order valence-electron chi connectivity index (χ0n) is 10.1. The van der Waals surface area contributed by atoms with Crippen molar-refractivity contribution in [1.29, 1.82) is 0 Å². The Morgan fingerprint density at radius 2 is 2.06 bits per heavy atom. The molecular weight excluding hydrogens is 259 g/mol. The van der Waals surface area contributed by atoms with Gasteiger partial charge in [0.2, 0.25) is 11.8 Å². The second kappa shape index (κ2) is 6.35. The molecule has 0 aliphatic carbocycles. The van der Waals surface area contributed by atoms with Crippen molar-refractivity contribution in [3.63, 3.8) is 0 Å². The van der Waals surface area contributed by atoms with E-state index in [-0.39, 0.29) is 23.4 Å². The van der Waals surface area contributed by atoms with Crippen molar-refractivity contribution in [1.82, 2.24) is 0 Å². The number of carbonyl (C=O) groups is 2. The number of carbonyl (C=O) groups excluding carboxylic acids is 2. The van der Waals surface area contributed by atoms with E-state index in [1.165, 1.54) is 25.1 Å². The minimum Gasteiger partial charge on any atom is -0.326 e. The zero-order chi connectivity index (χ0) is 13.7. The summed E-state index contributed by atoms with van der Waals surface area (Å²) in [7, 11) is 0. The molecule has 2 amide bonds. The van der Waals surface area contributed by atoms with Gasteiger partial charge in [0.25, 0.3) is 0 Å². The maximum Gasteiger partial charge on any atom is 0.228 e. The van der Waals surface area contributed by atoms with Gasteiger partial charge in [0.1, 0.15) is 5.82 Å². The third-order valence-electron chi connectivity index (χ3n) is 2.22. The molecule has 0 heterocycles. The first-order chi connectivity index (χ1) is 8.43. The van der Waals surface area contributed by atoms with Crippen LogP contribution in [0.15, 0.2) is 18.2 Å². The highest BCUT2D eigenvalue weighted by Gasteiger charge is 2.14. The fourth-order valence-electron chi connectivity index (χ4n) is 1.23. The standard InChI is InChI=1S/C12H14ClFN2O2/c1-7(6-13)12(18)16-11-5-9(15-8(2)17)3-4-10(11)14/h3-5,7H,6H2,1-2H3,(H,15,17)(H,16,18). The lowest BCUT2D eigenvalue weighted by atomic mass is 10.2. The number of hydrogen-bond donors (Lipinski definition) is 2. The minimum atomic E-state index is -0.570. The third-order valence-corrected chi connectivity index (χ3v) is 2.69. The summed E-state index contributed by atoms with van der Waals surface area (Å²) in [5, 5.41) is 4.93. The summed E-state index contributed by atoms with van der Waals surface area (Å²) in [5.41, 5.74) is 0.431. The molecule has 0 bridgehead atoms. The highest BCUT2D eigenvalue weighted by molar-refractivity contribution is 6.19. The Hall–Kier alpha value is -1.62. The first kappa shape index (κ1) is 14.4. The maximum absolute atomic E-state index is 13.5. The SMILES string of the molecule is CC(=O)Nc1ccc(F)c(NC(=O)C(C)CCl)c1. The smallest absolute Gasteiger partial charge is 0.228 e. The molecule has 1 aromatic rings. The number of alkyl halides is 1. The summed E-state index contributed by atoms with van der Waals surface area (Å²) in [6.07, 6.45) is 0. The molecule has 0 aromatic heterocycles. The summed E-state index contributed by atoms with van der Waals surface area (Å²) in [5.74, 6) is -1.48. The van der Waals surface area contributed by atoms with Crippen LogP contribution in [0.1, 0.15) is 13.8 Å². The molecule has 1 atom stereocenters. The number of benzene rings is 1. The predicted octanol–water partition coefficient (Wildman–Crippen LogP) is 2.60. The van der Waals surface area contributed by atoms with E-state index in [1.807, 2.05) is 0 Å². The zero-order valence-corrected chi connectivity index (χ0v) is 10.8. The number of halogens is 2. The molecule has 0 saturated heterocycles. The fourth-order valence-corrected chi connectivity index (χ4v) is 1.37. The van der Waals surface area contributed by atoms with E-state index in [2.05, 4.69) is 10.6 Å². The molecule has 0 spiro atoms. The summed E-state index contributed by atoms with van der Waals surface area (Å²) in [4.78, 5) is 22.5. The number of hydrogen-bond acceptors (Lipinski definition) is 2. The topological polar surface area (TPSA) is 58.2 Å². The van der Waals surface area contributed by atoms with Crippen LogP contribution in [0, 0.1) is 11.7 Å². The van der Waals surface area contributed by atoms with E-state index < -0.39 is 11.7 Å². The fraction of sp³-hybridized carbons (Fsp3) is 0.333. The van der Waals surface area contributed by atoms with E-state index >= 15 is 0 Å². The number of nitrogens with one attached hydrogen (secondary N) is 2. The van der Waals surface area contributed by atoms with Crippen LogP contribution in [0.2, 0.25) is 0 Å². The number of anilines is 2. The summed E-state index contributed by atoms with van der Waals surface area (Å²) in [6, 6.07) is 3.94. The lowest BCUT2D eigenvalue weighted by Crippen LogP contribution is -2.22. The quantitative estimate of drug-likeness (QED) is 0.828. The van der Waals surface area contributed by atoms with Gasteiger partial charge in [-0.05, 0) is 18.2 Å². The van der Waals surface area contributed by atoms with Gasteiger partial charge in [0, 0.05) is 24.4 Å². The van der Waals surface area contributed by atoms with Crippen LogP contribution in [0.25, 0.3) is 0 Å². The first-order valence-electron chi connectivity index (χ1n) is 5.38.